The van der Waals surface area contributed by atoms with Gasteiger partial charge < -0.3 is 24.1 Å². The number of aliphatic hydroxyl groups is 1. The third kappa shape index (κ3) is 5.40. The number of esters is 1. The molecule has 4 aromatic rings. The van der Waals surface area contributed by atoms with Crippen molar-refractivity contribution in [3.8, 4) is 23.0 Å². The maximum atomic E-state index is 13.7. The van der Waals surface area contributed by atoms with Crippen molar-refractivity contribution in [1.29, 1.82) is 0 Å². The number of hydrogen-bond acceptors (Lipinski definition) is 10. The Hall–Kier alpha value is -5.42. The van der Waals surface area contributed by atoms with Crippen LogP contribution in [0.15, 0.2) is 91.0 Å². The second-order valence-electron chi connectivity index (χ2n) is 9.81. The van der Waals surface area contributed by atoms with Crippen LogP contribution >= 0.6 is 11.3 Å². The second kappa shape index (κ2) is 12.1. The topological polar surface area (TPSA) is 124 Å². The van der Waals surface area contributed by atoms with Crippen LogP contribution in [0.5, 0.6) is 23.0 Å². The van der Waals surface area contributed by atoms with E-state index in [0.29, 0.717) is 47.5 Å². The van der Waals surface area contributed by atoms with Gasteiger partial charge in [0.25, 0.3) is 5.78 Å². The number of hydrogen-bond donors (Lipinski definition) is 1. The fourth-order valence-corrected chi connectivity index (χ4v) is 5.93. The molecular weight excluding hydrogens is 584 g/mol. The highest BCUT2D eigenvalue weighted by molar-refractivity contribution is 7.17. The Morgan fingerprint density at radius 1 is 1.05 bits per heavy atom. The molecule has 0 saturated carbocycles. The summed E-state index contributed by atoms with van der Waals surface area (Å²) in [6.07, 6.45) is 1.44. The summed E-state index contributed by atoms with van der Waals surface area (Å²) in [5.74, 6) is -0.915. The summed E-state index contributed by atoms with van der Waals surface area (Å²) in [6.45, 7) is 5.88. The van der Waals surface area contributed by atoms with Crippen LogP contribution in [0.1, 0.15) is 32.5 Å². The number of ether oxygens (including phenoxy) is 4. The van der Waals surface area contributed by atoms with Crippen molar-refractivity contribution in [1.82, 2.24) is 4.98 Å². The van der Waals surface area contributed by atoms with E-state index in [4.69, 9.17) is 18.9 Å². The lowest BCUT2D eigenvalue weighted by molar-refractivity contribution is -0.132. The Kier molecular flexibility index (Phi) is 7.86. The second-order valence-corrected chi connectivity index (χ2v) is 10.8. The fourth-order valence-electron chi connectivity index (χ4n) is 4.94. The number of nitrogens with zero attached hydrogens (tertiary/aromatic N) is 2. The van der Waals surface area contributed by atoms with Crippen LogP contribution in [0.2, 0.25) is 0 Å². The predicted octanol–water partition coefficient (Wildman–Crippen LogP) is 5.98. The van der Waals surface area contributed by atoms with Crippen molar-refractivity contribution in [2.75, 3.05) is 24.7 Å². The van der Waals surface area contributed by atoms with Crippen molar-refractivity contribution in [3.05, 3.63) is 113 Å². The molecule has 10 nitrogen and oxygen atoms in total. The smallest absolute Gasteiger partial charge is 0.350 e. The third-order valence-corrected chi connectivity index (χ3v) is 8.06. The number of carbonyl (C=O) groups is 3. The van der Waals surface area contributed by atoms with Gasteiger partial charge in [0.1, 0.15) is 42.0 Å². The van der Waals surface area contributed by atoms with Gasteiger partial charge in [-0.15, -0.1) is 0 Å². The number of Topliss-reactive ketones (excluding diaryl/α,β-unsaturated/α-hetero) is 1. The molecule has 2 aliphatic rings. The maximum absolute atomic E-state index is 13.7. The average molecular weight is 611 g/mol. The van der Waals surface area contributed by atoms with Gasteiger partial charge in [-0.2, -0.15) is 0 Å². The Morgan fingerprint density at radius 3 is 2.57 bits per heavy atom. The molecule has 0 spiro atoms. The van der Waals surface area contributed by atoms with E-state index in [1.54, 1.807) is 61.5 Å². The molecule has 222 valence electrons. The van der Waals surface area contributed by atoms with Gasteiger partial charge in [0.15, 0.2) is 16.6 Å². The molecule has 11 heteroatoms. The fraction of sp³-hybridized carbons (Fsp3) is 0.152. The average Bonchev–Trinajstić information content (AvgIpc) is 3.55. The van der Waals surface area contributed by atoms with Crippen LogP contribution in [0.4, 0.5) is 5.13 Å². The SMILES string of the molecule is C=CCOC(=O)c1sc(N2C(=O)C(=O)C(=C(O)c3ccc4c(c3)OCCO4)C2c2cccc(Oc3ccccc3)c2)nc1C. The van der Waals surface area contributed by atoms with Crippen molar-refractivity contribution >= 4 is 39.9 Å². The van der Waals surface area contributed by atoms with E-state index in [1.165, 1.54) is 11.0 Å². The lowest BCUT2D eigenvalue weighted by atomic mass is 9.95. The van der Waals surface area contributed by atoms with E-state index in [-0.39, 0.29) is 27.8 Å². The molecule has 6 rings (SSSR count). The first-order valence-corrected chi connectivity index (χ1v) is 14.5. The van der Waals surface area contributed by atoms with Gasteiger partial charge in [-0.25, -0.2) is 9.78 Å². The number of fused-ring (bicyclic) bond motifs is 1. The Morgan fingerprint density at radius 2 is 1.80 bits per heavy atom. The van der Waals surface area contributed by atoms with Crippen LogP contribution in [-0.4, -0.2) is 47.6 Å². The normalized spacial score (nSPS) is 16.9. The van der Waals surface area contributed by atoms with Gasteiger partial charge in [0, 0.05) is 5.56 Å². The van der Waals surface area contributed by atoms with Gasteiger partial charge in [-0.3, -0.25) is 14.5 Å². The van der Waals surface area contributed by atoms with E-state index in [9.17, 15) is 19.5 Å². The van der Waals surface area contributed by atoms with Gasteiger partial charge >= 0.3 is 11.9 Å². The molecule has 1 unspecified atom stereocenters. The van der Waals surface area contributed by atoms with Gasteiger partial charge in [0.2, 0.25) is 0 Å². The molecule has 1 N–H and O–H groups in total. The molecule has 3 heterocycles. The first-order valence-electron chi connectivity index (χ1n) is 13.6. The number of aromatic nitrogens is 1. The van der Waals surface area contributed by atoms with E-state index in [1.807, 2.05) is 18.2 Å². The number of amides is 1. The van der Waals surface area contributed by atoms with E-state index < -0.39 is 29.5 Å². The molecule has 1 amide bonds. The minimum absolute atomic E-state index is 0.000238. The van der Waals surface area contributed by atoms with Crippen molar-refractivity contribution < 1.29 is 38.4 Å². The minimum Gasteiger partial charge on any atom is -0.507 e. The number of benzene rings is 3. The van der Waals surface area contributed by atoms with Crippen LogP contribution in [-0.2, 0) is 14.3 Å². The molecule has 1 fully saturated rings. The zero-order valence-electron chi connectivity index (χ0n) is 23.5. The molecule has 0 radical (unpaired) electrons. The largest absolute Gasteiger partial charge is 0.507 e. The summed E-state index contributed by atoms with van der Waals surface area (Å²) in [7, 11) is 0. The van der Waals surface area contributed by atoms with E-state index in [2.05, 4.69) is 11.6 Å². The van der Waals surface area contributed by atoms with Crippen molar-refractivity contribution in [2.45, 2.75) is 13.0 Å². The number of thiazole rings is 1. The van der Waals surface area contributed by atoms with Crippen LogP contribution in [0.3, 0.4) is 0 Å². The molecule has 1 saturated heterocycles. The van der Waals surface area contributed by atoms with Crippen LogP contribution in [0.25, 0.3) is 5.76 Å². The summed E-state index contributed by atoms with van der Waals surface area (Å²) in [6, 6.07) is 19.7. The number of rotatable bonds is 8. The molecule has 2 aliphatic heterocycles. The van der Waals surface area contributed by atoms with Crippen molar-refractivity contribution in [2.24, 2.45) is 0 Å². The quantitative estimate of drug-likeness (QED) is 0.0843. The standard InChI is InChI=1S/C33H26N2O8S/c1-3-14-42-32(39)30-19(2)34-33(44-30)35-27(20-8-7-11-23(17-20)43-22-9-5-4-6-10-22)26(29(37)31(35)38)28(36)21-12-13-24-25(18-21)41-16-15-40-24/h3-13,17-18,27,36H,1,14-16H2,2H3. The molecular formula is C33H26N2O8S. The summed E-state index contributed by atoms with van der Waals surface area (Å²) >= 11 is 0.915. The number of ketones is 1. The van der Waals surface area contributed by atoms with Gasteiger partial charge in [-0.1, -0.05) is 54.3 Å². The van der Waals surface area contributed by atoms with E-state index >= 15 is 0 Å². The molecule has 1 atom stereocenters. The number of para-hydroxylation sites is 1. The maximum Gasteiger partial charge on any atom is 0.350 e. The van der Waals surface area contributed by atoms with E-state index in [0.717, 1.165) is 11.3 Å². The zero-order valence-corrected chi connectivity index (χ0v) is 24.3. The first kappa shape index (κ1) is 28.7. The summed E-state index contributed by atoms with van der Waals surface area (Å²) in [5.41, 5.74) is 0.901. The predicted molar refractivity (Wildman–Crippen MR) is 163 cm³/mol. The monoisotopic (exact) mass is 610 g/mol. The first-order chi connectivity index (χ1) is 21.4. The number of carbonyl (C=O) groups excluding carboxylic acids is 3. The third-order valence-electron chi connectivity index (χ3n) is 6.92. The summed E-state index contributed by atoms with van der Waals surface area (Å²) < 4.78 is 22.5. The zero-order chi connectivity index (χ0) is 30.8. The molecule has 0 bridgehead atoms. The summed E-state index contributed by atoms with van der Waals surface area (Å²) in [5, 5.41) is 11.7. The Labute approximate surface area is 256 Å². The number of anilines is 1. The highest BCUT2D eigenvalue weighted by Crippen LogP contribution is 2.45. The lowest BCUT2D eigenvalue weighted by Gasteiger charge is -2.24. The van der Waals surface area contributed by atoms with Crippen LogP contribution < -0.4 is 19.1 Å². The van der Waals surface area contributed by atoms with Gasteiger partial charge in [0.05, 0.1) is 17.3 Å². The molecule has 3 aromatic carbocycles. The van der Waals surface area contributed by atoms with Crippen LogP contribution in [0, 0.1) is 6.92 Å². The molecule has 0 aliphatic carbocycles. The van der Waals surface area contributed by atoms with Crippen molar-refractivity contribution in [3.63, 3.8) is 0 Å². The highest BCUT2D eigenvalue weighted by Gasteiger charge is 2.48. The Bertz CT molecular complexity index is 1810. The molecule has 44 heavy (non-hydrogen) atoms. The number of aryl methyl sites for hydroxylation is 1. The summed E-state index contributed by atoms with van der Waals surface area (Å²) in [4.78, 5) is 45.9. The Balaban J connectivity index is 1.48. The lowest BCUT2D eigenvalue weighted by Crippen LogP contribution is -2.29. The van der Waals surface area contributed by atoms with Gasteiger partial charge in [-0.05, 0) is 55.0 Å². The number of aliphatic hydroxyl groups excluding tert-OH is 1. The minimum atomic E-state index is -1.11. The molecule has 1 aromatic heterocycles. The highest BCUT2D eigenvalue weighted by atomic mass is 32.1.